The number of carbonyl (C=O) groups is 1. The molecule has 0 aromatic rings. The lowest BCUT2D eigenvalue weighted by Gasteiger charge is -2.18. The van der Waals surface area contributed by atoms with Crippen LogP contribution in [-0.2, 0) is 18.4 Å². The molecule has 0 unspecified atom stereocenters. The molecule has 0 bridgehead atoms. The van der Waals surface area contributed by atoms with Crippen molar-refractivity contribution >= 4 is 13.1 Å². The van der Waals surface area contributed by atoms with Crippen molar-refractivity contribution in [1.82, 2.24) is 0 Å². The van der Waals surface area contributed by atoms with Gasteiger partial charge < -0.3 is 0 Å². The first-order valence-corrected chi connectivity index (χ1v) is 6.50. The molecule has 0 amide bonds. The third-order valence-electron chi connectivity index (χ3n) is 1.57. The summed E-state index contributed by atoms with van der Waals surface area (Å²) in [5.41, 5.74) is -1.41. The molecule has 0 radical (unpaired) electrons. The Morgan fingerprint density at radius 3 is 1.63 bits per heavy atom. The molecule has 0 aliphatic carbocycles. The number of carbonyl (C=O) groups excluding carboxylic acids is 1. The van der Waals surface area contributed by atoms with Crippen molar-refractivity contribution in [2.75, 3.05) is 13.2 Å². The standard InChI is InChI=1S/C8H11F6O4P/c1-2-3-6(15)19(16,17-4-7(9,10)11)18-5-8(12,13)14/h2-5H2,1H3. The molecule has 0 aliphatic rings. The van der Waals surface area contributed by atoms with E-state index in [0.29, 0.717) is 0 Å². The van der Waals surface area contributed by atoms with Gasteiger partial charge in [0, 0.05) is 6.42 Å². The maximum absolute atomic E-state index is 11.9. The molecule has 0 aliphatic heterocycles. The van der Waals surface area contributed by atoms with E-state index in [2.05, 4.69) is 9.05 Å². The summed E-state index contributed by atoms with van der Waals surface area (Å²) in [6.45, 7) is -2.83. The van der Waals surface area contributed by atoms with Crippen molar-refractivity contribution in [1.29, 1.82) is 0 Å². The second-order valence-electron chi connectivity index (χ2n) is 3.42. The SMILES string of the molecule is CCCC(=O)P(=O)(OCC(F)(F)F)OCC(F)(F)F. The van der Waals surface area contributed by atoms with Crippen LogP contribution in [0.4, 0.5) is 26.3 Å². The number of hydrogen-bond donors (Lipinski definition) is 0. The van der Waals surface area contributed by atoms with Crippen LogP contribution in [0.25, 0.3) is 0 Å². The van der Waals surface area contributed by atoms with Crippen molar-refractivity contribution in [3.05, 3.63) is 0 Å². The van der Waals surface area contributed by atoms with Gasteiger partial charge in [-0.2, -0.15) is 26.3 Å². The van der Waals surface area contributed by atoms with Gasteiger partial charge in [0.2, 0.25) is 5.52 Å². The molecule has 0 heterocycles. The Kier molecular flexibility index (Phi) is 6.50. The zero-order valence-corrected chi connectivity index (χ0v) is 10.6. The first-order chi connectivity index (χ1) is 8.40. The molecule has 11 heteroatoms. The summed E-state index contributed by atoms with van der Waals surface area (Å²) in [6.07, 6.45) is -10.3. The number of rotatable bonds is 7. The monoisotopic (exact) mass is 316 g/mol. The van der Waals surface area contributed by atoms with Crippen molar-refractivity contribution < 1.29 is 44.7 Å². The lowest BCUT2D eigenvalue weighted by molar-refractivity contribution is -0.166. The highest BCUT2D eigenvalue weighted by Crippen LogP contribution is 2.52. The summed E-state index contributed by atoms with van der Waals surface area (Å²) in [7, 11) is -5.10. The van der Waals surface area contributed by atoms with Gasteiger partial charge in [0.15, 0.2) is 13.2 Å². The number of halogens is 6. The first-order valence-electron chi connectivity index (χ1n) is 4.95. The molecule has 0 saturated heterocycles. The van der Waals surface area contributed by atoms with E-state index < -0.39 is 45.1 Å². The molecular formula is C8H11F6O4P. The van der Waals surface area contributed by atoms with Crippen molar-refractivity contribution in [2.45, 2.75) is 32.1 Å². The number of alkyl halides is 6. The van der Waals surface area contributed by atoms with Crippen LogP contribution in [0.2, 0.25) is 0 Å². The fourth-order valence-electron chi connectivity index (χ4n) is 0.848. The Balaban J connectivity index is 4.82. The lowest BCUT2D eigenvalue weighted by atomic mass is 10.4. The van der Waals surface area contributed by atoms with E-state index in [4.69, 9.17) is 0 Å². The topological polar surface area (TPSA) is 52.6 Å². The quantitative estimate of drug-likeness (QED) is 0.531. The van der Waals surface area contributed by atoms with Gasteiger partial charge in [-0.1, -0.05) is 6.92 Å². The Hall–Kier alpha value is -0.600. The van der Waals surface area contributed by atoms with Gasteiger partial charge >= 0.3 is 19.9 Å². The van der Waals surface area contributed by atoms with Gasteiger partial charge in [0.1, 0.15) is 0 Å². The van der Waals surface area contributed by atoms with Crippen LogP contribution in [0.5, 0.6) is 0 Å². The summed E-state index contributed by atoms with van der Waals surface area (Å²) >= 11 is 0. The summed E-state index contributed by atoms with van der Waals surface area (Å²) in [4.78, 5) is 11.3. The molecule has 4 nitrogen and oxygen atoms in total. The fourth-order valence-corrected chi connectivity index (χ4v) is 2.34. The highest BCUT2D eigenvalue weighted by atomic mass is 31.2. The molecule has 0 N–H and O–H groups in total. The minimum absolute atomic E-state index is 0.0770. The van der Waals surface area contributed by atoms with Gasteiger partial charge in [-0.05, 0) is 6.42 Å². The Morgan fingerprint density at radius 1 is 1.00 bits per heavy atom. The van der Waals surface area contributed by atoms with Gasteiger partial charge in [-0.3, -0.25) is 18.4 Å². The molecule has 0 fully saturated rings. The lowest BCUT2D eigenvalue weighted by Crippen LogP contribution is -2.22. The predicted molar refractivity (Wildman–Crippen MR) is 51.5 cm³/mol. The summed E-state index contributed by atoms with van der Waals surface area (Å²) in [6, 6.07) is 0. The van der Waals surface area contributed by atoms with Crippen LogP contribution in [0.15, 0.2) is 0 Å². The average Bonchev–Trinajstić information content (AvgIpc) is 2.22. The predicted octanol–water partition coefficient (Wildman–Crippen LogP) is 3.66. The van der Waals surface area contributed by atoms with Crippen LogP contribution < -0.4 is 0 Å². The van der Waals surface area contributed by atoms with Crippen LogP contribution in [0, 0.1) is 0 Å². The van der Waals surface area contributed by atoms with Crippen LogP contribution >= 0.6 is 7.60 Å². The van der Waals surface area contributed by atoms with Gasteiger partial charge in [0.05, 0.1) is 0 Å². The minimum atomic E-state index is -5.10. The van der Waals surface area contributed by atoms with Gasteiger partial charge in [0.25, 0.3) is 0 Å². The second kappa shape index (κ2) is 6.71. The number of hydrogen-bond acceptors (Lipinski definition) is 4. The van der Waals surface area contributed by atoms with E-state index in [-0.39, 0.29) is 6.42 Å². The molecule has 114 valence electrons. The molecule has 0 aromatic carbocycles. The molecule has 0 aromatic heterocycles. The van der Waals surface area contributed by atoms with Crippen molar-refractivity contribution in [2.24, 2.45) is 0 Å². The fraction of sp³-hybridized carbons (Fsp3) is 0.875. The zero-order valence-electron chi connectivity index (χ0n) is 9.68. The molecule has 0 saturated carbocycles. The van der Waals surface area contributed by atoms with Crippen molar-refractivity contribution in [3.8, 4) is 0 Å². The van der Waals surface area contributed by atoms with E-state index in [0.717, 1.165) is 0 Å². The first kappa shape index (κ1) is 18.4. The molecule has 0 rings (SSSR count). The largest absolute Gasteiger partial charge is 0.412 e. The molecular weight excluding hydrogens is 305 g/mol. The molecule has 0 atom stereocenters. The third kappa shape index (κ3) is 8.22. The zero-order chi connectivity index (χ0) is 15.3. The maximum atomic E-state index is 11.9. The normalized spacial score (nSPS) is 13.6. The Morgan fingerprint density at radius 2 is 1.37 bits per heavy atom. The van der Waals surface area contributed by atoms with Gasteiger partial charge in [-0.25, -0.2) is 0 Å². The maximum Gasteiger partial charge on any atom is 0.412 e. The van der Waals surface area contributed by atoms with E-state index in [1.807, 2.05) is 0 Å². The third-order valence-corrected chi connectivity index (χ3v) is 3.34. The van der Waals surface area contributed by atoms with Crippen LogP contribution in [0.3, 0.4) is 0 Å². The van der Waals surface area contributed by atoms with Crippen LogP contribution in [-0.4, -0.2) is 31.1 Å². The molecule has 19 heavy (non-hydrogen) atoms. The summed E-state index contributed by atoms with van der Waals surface area (Å²) in [5, 5.41) is 0. The minimum Gasteiger partial charge on any atom is -0.294 e. The second-order valence-corrected chi connectivity index (χ2v) is 5.43. The van der Waals surface area contributed by atoms with Crippen LogP contribution in [0.1, 0.15) is 19.8 Å². The molecule has 0 spiro atoms. The van der Waals surface area contributed by atoms with E-state index in [9.17, 15) is 35.7 Å². The van der Waals surface area contributed by atoms with E-state index in [1.165, 1.54) is 6.92 Å². The Bertz CT molecular complexity index is 328. The Labute approximate surface area is 104 Å². The highest BCUT2D eigenvalue weighted by Gasteiger charge is 2.42. The van der Waals surface area contributed by atoms with E-state index >= 15 is 0 Å². The van der Waals surface area contributed by atoms with E-state index in [1.54, 1.807) is 0 Å². The highest BCUT2D eigenvalue weighted by molar-refractivity contribution is 7.71. The van der Waals surface area contributed by atoms with Crippen molar-refractivity contribution in [3.63, 3.8) is 0 Å². The summed E-state index contributed by atoms with van der Waals surface area (Å²) in [5.74, 6) is 0. The van der Waals surface area contributed by atoms with Gasteiger partial charge in [-0.15, -0.1) is 0 Å². The smallest absolute Gasteiger partial charge is 0.294 e. The average molecular weight is 316 g/mol. The summed E-state index contributed by atoms with van der Waals surface area (Å²) < 4.78 is 90.4.